The summed E-state index contributed by atoms with van der Waals surface area (Å²) in [6, 6.07) is 0. The fourth-order valence-corrected chi connectivity index (χ4v) is 2.88. The van der Waals surface area contributed by atoms with Crippen molar-refractivity contribution in [3.05, 3.63) is 27.9 Å². The van der Waals surface area contributed by atoms with Gasteiger partial charge < -0.3 is 10.0 Å². The third kappa shape index (κ3) is 4.11. The fourth-order valence-electron chi connectivity index (χ4n) is 2.53. The van der Waals surface area contributed by atoms with Crippen molar-refractivity contribution in [1.82, 2.24) is 14.9 Å². The Labute approximate surface area is 136 Å². The number of carbonyl (C=O) groups is 2. The van der Waals surface area contributed by atoms with Gasteiger partial charge in [0.05, 0.1) is 17.8 Å². The monoisotopic (exact) mass is 336 g/mol. The number of amides is 1. The number of azide groups is 1. The summed E-state index contributed by atoms with van der Waals surface area (Å²) in [6.45, 7) is 0.532. The van der Waals surface area contributed by atoms with Crippen molar-refractivity contribution in [3.8, 4) is 0 Å². The Hall–Kier alpha value is -2.32. The third-order valence-electron chi connectivity index (χ3n) is 3.71. The molecule has 0 atom stereocenters. The van der Waals surface area contributed by atoms with Crippen LogP contribution < -0.4 is 0 Å². The number of thioether (sulfide) groups is 1. The molecule has 10 heteroatoms. The number of nitrogens with zero attached hydrogens (tertiary/aromatic N) is 6. The first kappa shape index (κ1) is 17.0. The summed E-state index contributed by atoms with van der Waals surface area (Å²) < 4.78 is 0. The van der Waals surface area contributed by atoms with Gasteiger partial charge in [-0.05, 0) is 24.6 Å². The standard InChI is InChI=1S/C13H16N6O3S/c1-23-12-15-6-9(10(20)7-16-18-14)11(17-12)8-2-4-19(5-3-8)13(21)22/h6,8H,2-5,7H2,1H3,(H,21,22). The minimum atomic E-state index is -0.935. The smallest absolute Gasteiger partial charge is 0.407 e. The lowest BCUT2D eigenvalue weighted by atomic mass is 9.90. The highest BCUT2D eigenvalue weighted by atomic mass is 32.2. The van der Waals surface area contributed by atoms with Crippen LogP contribution in [0.4, 0.5) is 4.79 Å². The van der Waals surface area contributed by atoms with E-state index < -0.39 is 6.09 Å². The zero-order valence-electron chi connectivity index (χ0n) is 12.5. The van der Waals surface area contributed by atoms with Gasteiger partial charge >= 0.3 is 6.09 Å². The van der Waals surface area contributed by atoms with Gasteiger partial charge in [-0.15, -0.1) is 0 Å². The first-order valence-corrected chi connectivity index (χ1v) is 8.22. The molecule has 0 aliphatic carbocycles. The number of carboxylic acid groups (broad SMARTS) is 1. The molecule has 1 aliphatic heterocycles. The molecule has 2 heterocycles. The summed E-state index contributed by atoms with van der Waals surface area (Å²) in [4.78, 5) is 35.7. The van der Waals surface area contributed by atoms with Crippen LogP contribution in [-0.4, -0.2) is 57.7 Å². The molecular formula is C13H16N6O3S. The number of hydrogen-bond donors (Lipinski definition) is 1. The fraction of sp³-hybridized carbons (Fsp3) is 0.538. The molecule has 122 valence electrons. The second-order valence-corrected chi connectivity index (χ2v) is 5.79. The third-order valence-corrected chi connectivity index (χ3v) is 4.27. The van der Waals surface area contributed by atoms with Gasteiger partial charge in [-0.1, -0.05) is 16.9 Å². The van der Waals surface area contributed by atoms with Crippen molar-refractivity contribution >= 4 is 23.6 Å². The number of rotatable bonds is 5. The van der Waals surface area contributed by atoms with E-state index in [9.17, 15) is 9.59 Å². The first-order valence-electron chi connectivity index (χ1n) is 6.99. The van der Waals surface area contributed by atoms with E-state index in [1.165, 1.54) is 22.9 Å². The van der Waals surface area contributed by atoms with Crippen molar-refractivity contribution in [2.24, 2.45) is 5.11 Å². The molecule has 1 saturated heterocycles. The number of piperidine rings is 1. The Morgan fingerprint density at radius 2 is 2.22 bits per heavy atom. The molecule has 1 aromatic rings. The van der Waals surface area contributed by atoms with E-state index in [0.717, 1.165) is 0 Å². The van der Waals surface area contributed by atoms with Gasteiger partial charge in [0, 0.05) is 30.1 Å². The molecule has 0 bridgehead atoms. The Kier molecular flexibility index (Phi) is 5.78. The molecular weight excluding hydrogens is 320 g/mol. The summed E-state index contributed by atoms with van der Waals surface area (Å²) in [5.74, 6) is -0.337. The van der Waals surface area contributed by atoms with Gasteiger partial charge in [0.2, 0.25) is 0 Å². The second kappa shape index (κ2) is 7.80. The number of likely N-dealkylation sites (tertiary alicyclic amines) is 1. The van der Waals surface area contributed by atoms with E-state index in [4.69, 9.17) is 10.6 Å². The first-order chi connectivity index (χ1) is 11.1. The highest BCUT2D eigenvalue weighted by molar-refractivity contribution is 7.98. The minimum Gasteiger partial charge on any atom is -0.465 e. The molecule has 0 saturated carbocycles. The number of hydrogen-bond acceptors (Lipinski definition) is 6. The molecule has 0 unspecified atom stereocenters. The van der Waals surface area contributed by atoms with Crippen LogP contribution in [0.25, 0.3) is 10.4 Å². The van der Waals surface area contributed by atoms with Crippen LogP contribution in [0.2, 0.25) is 0 Å². The van der Waals surface area contributed by atoms with Gasteiger partial charge in [0.1, 0.15) is 0 Å². The van der Waals surface area contributed by atoms with Gasteiger partial charge in [-0.2, -0.15) is 0 Å². The number of ketones is 1. The molecule has 1 amide bonds. The molecule has 9 nitrogen and oxygen atoms in total. The molecule has 0 radical (unpaired) electrons. The number of aromatic nitrogens is 2. The summed E-state index contributed by atoms with van der Waals surface area (Å²) in [7, 11) is 0. The Bertz CT molecular complexity index is 653. The lowest BCUT2D eigenvalue weighted by Crippen LogP contribution is -2.37. The summed E-state index contributed by atoms with van der Waals surface area (Å²) in [5.41, 5.74) is 9.32. The number of carbonyl (C=O) groups excluding carboxylic acids is 1. The highest BCUT2D eigenvalue weighted by Gasteiger charge is 2.28. The summed E-state index contributed by atoms with van der Waals surface area (Å²) >= 11 is 1.37. The number of Topliss-reactive ketones (excluding diaryl/α,β-unsaturated/α-hetero) is 1. The predicted molar refractivity (Wildman–Crippen MR) is 83.7 cm³/mol. The van der Waals surface area contributed by atoms with Crippen molar-refractivity contribution < 1.29 is 14.7 Å². The predicted octanol–water partition coefficient (Wildman–Crippen LogP) is 2.55. The normalized spacial score (nSPS) is 15.1. The lowest BCUT2D eigenvalue weighted by Gasteiger charge is -2.30. The topological polar surface area (TPSA) is 132 Å². The average molecular weight is 336 g/mol. The molecule has 23 heavy (non-hydrogen) atoms. The van der Waals surface area contributed by atoms with Crippen LogP contribution in [0.1, 0.15) is 34.8 Å². The molecule has 1 aromatic heterocycles. The van der Waals surface area contributed by atoms with E-state index in [2.05, 4.69) is 20.0 Å². The lowest BCUT2D eigenvalue weighted by molar-refractivity contribution is 0.0996. The Morgan fingerprint density at radius 3 is 2.78 bits per heavy atom. The SMILES string of the molecule is CSc1ncc(C(=O)CN=[N+]=[N-])c(C2CCN(C(=O)O)CC2)n1. The van der Waals surface area contributed by atoms with Crippen LogP contribution in [0.3, 0.4) is 0 Å². The van der Waals surface area contributed by atoms with E-state index in [1.54, 1.807) is 0 Å². The van der Waals surface area contributed by atoms with Gasteiger partial charge in [-0.3, -0.25) is 4.79 Å². The average Bonchev–Trinajstić information content (AvgIpc) is 2.59. The van der Waals surface area contributed by atoms with Gasteiger partial charge in [0.15, 0.2) is 10.9 Å². The zero-order valence-corrected chi connectivity index (χ0v) is 13.4. The van der Waals surface area contributed by atoms with Gasteiger partial charge in [0.25, 0.3) is 0 Å². The molecule has 0 spiro atoms. The van der Waals surface area contributed by atoms with Crippen molar-refractivity contribution in [2.75, 3.05) is 25.9 Å². The maximum absolute atomic E-state index is 12.2. The summed E-state index contributed by atoms with van der Waals surface area (Å²) in [6.07, 6.45) is 3.56. The van der Waals surface area contributed by atoms with E-state index in [1.807, 2.05) is 6.26 Å². The van der Waals surface area contributed by atoms with Crippen molar-refractivity contribution in [1.29, 1.82) is 0 Å². The summed E-state index contributed by atoms with van der Waals surface area (Å²) in [5, 5.41) is 12.9. The van der Waals surface area contributed by atoms with E-state index >= 15 is 0 Å². The maximum Gasteiger partial charge on any atom is 0.407 e. The molecule has 1 fully saturated rings. The van der Waals surface area contributed by atoms with Crippen molar-refractivity contribution in [3.63, 3.8) is 0 Å². The maximum atomic E-state index is 12.2. The van der Waals surface area contributed by atoms with E-state index in [0.29, 0.717) is 42.3 Å². The Balaban J connectivity index is 2.26. The molecule has 1 N–H and O–H groups in total. The molecule has 2 rings (SSSR count). The quantitative estimate of drug-likeness (QED) is 0.219. The van der Waals surface area contributed by atoms with Crippen LogP contribution in [0.15, 0.2) is 16.5 Å². The molecule has 1 aliphatic rings. The van der Waals surface area contributed by atoms with Crippen LogP contribution in [-0.2, 0) is 0 Å². The van der Waals surface area contributed by atoms with Crippen molar-refractivity contribution in [2.45, 2.75) is 23.9 Å². The second-order valence-electron chi connectivity index (χ2n) is 5.01. The van der Waals surface area contributed by atoms with Gasteiger partial charge in [-0.25, -0.2) is 14.8 Å². The van der Waals surface area contributed by atoms with E-state index in [-0.39, 0.29) is 18.2 Å². The Morgan fingerprint density at radius 1 is 1.52 bits per heavy atom. The molecule has 0 aromatic carbocycles. The largest absolute Gasteiger partial charge is 0.465 e. The van der Waals surface area contributed by atoms with Crippen LogP contribution in [0, 0.1) is 0 Å². The van der Waals surface area contributed by atoms with Crippen LogP contribution in [0.5, 0.6) is 0 Å². The highest BCUT2D eigenvalue weighted by Crippen LogP contribution is 2.30. The van der Waals surface area contributed by atoms with Crippen LogP contribution >= 0.6 is 11.8 Å². The minimum absolute atomic E-state index is 0.00971. The zero-order chi connectivity index (χ0) is 16.8.